The first-order valence-corrected chi connectivity index (χ1v) is 6.95. The molecule has 20 heavy (non-hydrogen) atoms. The smallest absolute Gasteiger partial charge is 0.370 e. The number of rotatable bonds is 4. The van der Waals surface area contributed by atoms with Gasteiger partial charge in [-0.1, -0.05) is 19.3 Å². The molecule has 1 aliphatic rings. The zero-order valence-electron chi connectivity index (χ0n) is 11.4. The molecule has 0 spiro atoms. The highest BCUT2D eigenvalue weighted by molar-refractivity contribution is 5.43. The summed E-state index contributed by atoms with van der Waals surface area (Å²) in [6, 6.07) is 1.11. The van der Waals surface area contributed by atoms with Crippen molar-refractivity contribution < 1.29 is 13.2 Å². The maximum absolute atomic E-state index is 12.8. The van der Waals surface area contributed by atoms with Crippen LogP contribution >= 0.6 is 0 Å². The number of anilines is 2. The predicted molar refractivity (Wildman–Crippen MR) is 71.7 cm³/mol. The van der Waals surface area contributed by atoms with Gasteiger partial charge < -0.3 is 10.6 Å². The summed E-state index contributed by atoms with van der Waals surface area (Å²) in [5, 5.41) is 5.84. The van der Waals surface area contributed by atoms with E-state index in [-0.39, 0.29) is 17.8 Å². The fourth-order valence-corrected chi connectivity index (χ4v) is 2.36. The molecule has 7 heteroatoms. The van der Waals surface area contributed by atoms with Crippen molar-refractivity contribution in [1.29, 1.82) is 0 Å². The second-order valence-electron chi connectivity index (χ2n) is 4.97. The number of hydrogen-bond donors (Lipinski definition) is 2. The summed E-state index contributed by atoms with van der Waals surface area (Å²) in [4.78, 5) is 7.69. The minimum atomic E-state index is -4.46. The van der Waals surface area contributed by atoms with Crippen molar-refractivity contribution >= 4 is 11.8 Å². The molecular weight excluding hydrogens is 269 g/mol. The Bertz CT molecular complexity index is 442. The molecule has 1 aliphatic carbocycles. The van der Waals surface area contributed by atoms with Crippen LogP contribution in [0.1, 0.15) is 44.7 Å². The number of aromatic nitrogens is 2. The van der Waals surface area contributed by atoms with Gasteiger partial charge in [0, 0.05) is 18.7 Å². The van der Waals surface area contributed by atoms with Crippen LogP contribution in [0, 0.1) is 0 Å². The van der Waals surface area contributed by atoms with E-state index in [2.05, 4.69) is 20.6 Å². The first-order valence-electron chi connectivity index (χ1n) is 6.95. The van der Waals surface area contributed by atoms with Crippen LogP contribution in [0.2, 0.25) is 0 Å². The Morgan fingerprint density at radius 1 is 1.20 bits per heavy atom. The van der Waals surface area contributed by atoms with Crippen molar-refractivity contribution in [2.45, 2.75) is 51.2 Å². The molecule has 0 aromatic carbocycles. The summed E-state index contributed by atoms with van der Waals surface area (Å²) in [6.45, 7) is 2.32. The van der Waals surface area contributed by atoms with Gasteiger partial charge in [-0.05, 0) is 19.8 Å². The number of nitrogens with one attached hydrogen (secondary N) is 2. The third-order valence-electron chi connectivity index (χ3n) is 3.31. The lowest BCUT2D eigenvalue weighted by atomic mass is 9.96. The first-order chi connectivity index (χ1) is 9.49. The van der Waals surface area contributed by atoms with Crippen molar-refractivity contribution in [1.82, 2.24) is 9.97 Å². The van der Waals surface area contributed by atoms with Crippen molar-refractivity contribution in [2.75, 3.05) is 17.2 Å². The van der Waals surface area contributed by atoms with Gasteiger partial charge in [-0.3, -0.25) is 0 Å². The van der Waals surface area contributed by atoms with E-state index in [0.29, 0.717) is 6.54 Å². The molecule has 1 aromatic rings. The average Bonchev–Trinajstić information content (AvgIpc) is 2.39. The van der Waals surface area contributed by atoms with Crippen LogP contribution in [0.3, 0.4) is 0 Å². The molecule has 112 valence electrons. The van der Waals surface area contributed by atoms with Crippen LogP contribution in [-0.2, 0) is 6.18 Å². The third-order valence-corrected chi connectivity index (χ3v) is 3.31. The van der Waals surface area contributed by atoms with Gasteiger partial charge in [0.2, 0.25) is 5.95 Å². The lowest BCUT2D eigenvalue weighted by Crippen LogP contribution is -2.24. The van der Waals surface area contributed by atoms with Crippen LogP contribution in [0.5, 0.6) is 0 Å². The Hall–Kier alpha value is -1.53. The lowest BCUT2D eigenvalue weighted by Gasteiger charge is -2.23. The van der Waals surface area contributed by atoms with Crippen molar-refractivity contribution in [3.63, 3.8) is 0 Å². The molecule has 1 saturated carbocycles. The molecule has 1 aromatic heterocycles. The van der Waals surface area contributed by atoms with Gasteiger partial charge in [-0.25, -0.2) is 4.98 Å². The van der Waals surface area contributed by atoms with E-state index in [1.54, 1.807) is 0 Å². The van der Waals surface area contributed by atoms with Gasteiger partial charge in [0.15, 0.2) is 5.69 Å². The van der Waals surface area contributed by atoms with Crippen molar-refractivity contribution in [3.8, 4) is 0 Å². The Morgan fingerprint density at radius 2 is 1.90 bits per heavy atom. The second-order valence-corrected chi connectivity index (χ2v) is 4.97. The Balaban J connectivity index is 2.19. The zero-order valence-corrected chi connectivity index (χ0v) is 11.4. The SMILES string of the molecule is CCNc1cc(C(F)(F)F)nc(NC2CCCCC2)n1. The molecule has 0 saturated heterocycles. The van der Waals surface area contributed by atoms with Crippen LogP contribution < -0.4 is 10.6 Å². The van der Waals surface area contributed by atoms with Gasteiger partial charge in [0.25, 0.3) is 0 Å². The lowest BCUT2D eigenvalue weighted by molar-refractivity contribution is -0.141. The second kappa shape index (κ2) is 6.28. The Morgan fingerprint density at radius 3 is 2.50 bits per heavy atom. The third kappa shape index (κ3) is 3.98. The van der Waals surface area contributed by atoms with Crippen LogP contribution in [0.25, 0.3) is 0 Å². The van der Waals surface area contributed by atoms with Gasteiger partial charge >= 0.3 is 6.18 Å². The van der Waals surface area contributed by atoms with E-state index >= 15 is 0 Å². The highest BCUT2D eigenvalue weighted by Gasteiger charge is 2.34. The number of halogens is 3. The molecule has 4 nitrogen and oxygen atoms in total. The van der Waals surface area contributed by atoms with Crippen LogP contribution in [-0.4, -0.2) is 22.6 Å². The van der Waals surface area contributed by atoms with E-state index in [0.717, 1.165) is 31.7 Å². The molecular formula is C13H19F3N4. The van der Waals surface area contributed by atoms with E-state index in [1.165, 1.54) is 6.42 Å². The first kappa shape index (κ1) is 14.9. The molecule has 0 aliphatic heterocycles. The Labute approximate surface area is 116 Å². The Kier molecular flexibility index (Phi) is 4.67. The molecule has 1 heterocycles. The quantitative estimate of drug-likeness (QED) is 0.887. The zero-order chi connectivity index (χ0) is 14.6. The summed E-state index contributed by atoms with van der Waals surface area (Å²) in [5.74, 6) is 0.260. The van der Waals surface area contributed by atoms with Gasteiger partial charge in [-0.2, -0.15) is 18.2 Å². The molecule has 0 amide bonds. The molecule has 2 N–H and O–H groups in total. The monoisotopic (exact) mass is 288 g/mol. The van der Waals surface area contributed by atoms with E-state index in [4.69, 9.17) is 0 Å². The van der Waals surface area contributed by atoms with Crippen molar-refractivity contribution in [3.05, 3.63) is 11.8 Å². The topological polar surface area (TPSA) is 49.8 Å². The van der Waals surface area contributed by atoms with E-state index < -0.39 is 11.9 Å². The molecule has 0 radical (unpaired) electrons. The van der Waals surface area contributed by atoms with Crippen LogP contribution in [0.4, 0.5) is 24.9 Å². The summed E-state index contributed by atoms with van der Waals surface area (Å²) in [7, 11) is 0. The maximum Gasteiger partial charge on any atom is 0.433 e. The molecule has 0 unspecified atom stereocenters. The number of nitrogens with zero attached hydrogens (tertiary/aromatic N) is 2. The van der Waals surface area contributed by atoms with Crippen molar-refractivity contribution in [2.24, 2.45) is 0 Å². The fraction of sp³-hybridized carbons (Fsp3) is 0.692. The average molecular weight is 288 g/mol. The number of hydrogen-bond acceptors (Lipinski definition) is 4. The summed E-state index contributed by atoms with van der Waals surface area (Å²) >= 11 is 0. The molecule has 2 rings (SSSR count). The van der Waals surface area contributed by atoms with E-state index in [1.807, 2.05) is 6.92 Å². The van der Waals surface area contributed by atoms with Gasteiger partial charge in [-0.15, -0.1) is 0 Å². The van der Waals surface area contributed by atoms with Gasteiger partial charge in [0.05, 0.1) is 0 Å². The standard InChI is InChI=1S/C13H19F3N4/c1-2-17-11-8-10(13(14,15)16)19-12(20-11)18-9-6-4-3-5-7-9/h8-9H,2-7H2,1H3,(H2,17,18,19,20). The normalized spacial score (nSPS) is 17.0. The largest absolute Gasteiger partial charge is 0.433 e. The fourth-order valence-electron chi connectivity index (χ4n) is 2.36. The summed E-state index contributed by atoms with van der Waals surface area (Å²) in [5.41, 5.74) is -0.915. The number of alkyl halides is 3. The highest BCUT2D eigenvalue weighted by Crippen LogP contribution is 2.30. The molecule has 0 atom stereocenters. The van der Waals surface area contributed by atoms with E-state index in [9.17, 15) is 13.2 Å². The minimum Gasteiger partial charge on any atom is -0.370 e. The molecule has 0 bridgehead atoms. The predicted octanol–water partition coefficient (Wildman–Crippen LogP) is 3.67. The summed E-state index contributed by atoms with van der Waals surface area (Å²) < 4.78 is 38.5. The van der Waals surface area contributed by atoms with Gasteiger partial charge in [0.1, 0.15) is 5.82 Å². The minimum absolute atomic E-state index is 0.0580. The molecule has 1 fully saturated rings. The highest BCUT2D eigenvalue weighted by atomic mass is 19.4. The maximum atomic E-state index is 12.8. The van der Waals surface area contributed by atoms with Crippen LogP contribution in [0.15, 0.2) is 6.07 Å². The summed E-state index contributed by atoms with van der Waals surface area (Å²) in [6.07, 6.45) is 0.819.